The Morgan fingerprint density at radius 2 is 2.05 bits per heavy atom. The van der Waals surface area contributed by atoms with Crippen LogP contribution in [0.15, 0.2) is 12.4 Å². The minimum Gasteiger partial charge on any atom is -0.335 e. The van der Waals surface area contributed by atoms with Crippen LogP contribution in [0.1, 0.15) is 36.1 Å². The summed E-state index contributed by atoms with van der Waals surface area (Å²) in [6.45, 7) is 7.46. The number of likely N-dealkylation sites (N-methyl/N-ethyl adjacent to an activating group) is 1. The van der Waals surface area contributed by atoms with E-state index in [1.54, 1.807) is 0 Å². The Bertz CT molecular complexity index is 582. The van der Waals surface area contributed by atoms with Crippen molar-refractivity contribution in [2.45, 2.75) is 52.6 Å². The molecule has 0 spiro atoms. The van der Waals surface area contributed by atoms with Gasteiger partial charge in [0.1, 0.15) is 5.82 Å². The van der Waals surface area contributed by atoms with Gasteiger partial charge in [-0.25, -0.2) is 4.98 Å². The van der Waals surface area contributed by atoms with E-state index in [-0.39, 0.29) is 0 Å². The standard InChI is InChI=1S/C16H27N5/c1-6-8-21-9-7-18-16(21)11-14(17-4)10-15-12(2)19-20(5)13(15)3/h7,9,14,17H,6,8,10-11H2,1-5H3. The third-order valence-corrected chi connectivity index (χ3v) is 4.21. The number of imidazole rings is 1. The molecule has 0 saturated heterocycles. The minimum absolute atomic E-state index is 0.379. The van der Waals surface area contributed by atoms with E-state index in [0.29, 0.717) is 6.04 Å². The highest BCUT2D eigenvalue weighted by Crippen LogP contribution is 2.16. The molecule has 0 fully saturated rings. The van der Waals surface area contributed by atoms with Crippen LogP contribution in [0.25, 0.3) is 0 Å². The summed E-state index contributed by atoms with van der Waals surface area (Å²) >= 11 is 0. The van der Waals surface area contributed by atoms with E-state index >= 15 is 0 Å². The smallest absolute Gasteiger partial charge is 0.110 e. The summed E-state index contributed by atoms with van der Waals surface area (Å²) in [5.74, 6) is 1.16. The summed E-state index contributed by atoms with van der Waals surface area (Å²) in [4.78, 5) is 4.52. The average Bonchev–Trinajstić information content (AvgIpc) is 2.98. The van der Waals surface area contributed by atoms with E-state index in [2.05, 4.69) is 46.9 Å². The molecule has 116 valence electrons. The van der Waals surface area contributed by atoms with Crippen LogP contribution in [0.5, 0.6) is 0 Å². The van der Waals surface area contributed by atoms with Crippen LogP contribution in [0.2, 0.25) is 0 Å². The zero-order chi connectivity index (χ0) is 15.4. The molecule has 1 atom stereocenters. The van der Waals surface area contributed by atoms with Crippen molar-refractivity contribution in [2.24, 2.45) is 7.05 Å². The number of hydrogen-bond donors (Lipinski definition) is 1. The highest BCUT2D eigenvalue weighted by molar-refractivity contribution is 5.25. The second kappa shape index (κ2) is 6.89. The first-order valence-electron chi connectivity index (χ1n) is 7.73. The SMILES string of the molecule is CCCn1ccnc1CC(Cc1c(C)nn(C)c1C)NC. The third kappa shape index (κ3) is 3.53. The Hall–Kier alpha value is -1.62. The zero-order valence-electron chi connectivity index (χ0n) is 13.8. The van der Waals surface area contributed by atoms with Crippen LogP contribution in [0.4, 0.5) is 0 Å². The topological polar surface area (TPSA) is 47.7 Å². The number of nitrogens with zero attached hydrogens (tertiary/aromatic N) is 4. The van der Waals surface area contributed by atoms with Crippen molar-refractivity contribution in [1.29, 1.82) is 0 Å². The van der Waals surface area contributed by atoms with Gasteiger partial charge in [0.25, 0.3) is 0 Å². The Kier molecular flexibility index (Phi) is 5.17. The molecule has 0 aliphatic carbocycles. The molecule has 0 aliphatic heterocycles. The first kappa shape index (κ1) is 15.8. The van der Waals surface area contributed by atoms with Gasteiger partial charge in [-0.15, -0.1) is 0 Å². The predicted octanol–water partition coefficient (Wildman–Crippen LogP) is 2.02. The van der Waals surface area contributed by atoms with Gasteiger partial charge in [-0.05, 0) is 39.3 Å². The van der Waals surface area contributed by atoms with E-state index in [1.807, 2.05) is 25.0 Å². The maximum absolute atomic E-state index is 4.52. The van der Waals surface area contributed by atoms with E-state index in [1.165, 1.54) is 11.3 Å². The second-order valence-corrected chi connectivity index (χ2v) is 5.70. The van der Waals surface area contributed by atoms with E-state index < -0.39 is 0 Å². The molecule has 5 nitrogen and oxygen atoms in total. The van der Waals surface area contributed by atoms with Crippen LogP contribution >= 0.6 is 0 Å². The fourth-order valence-corrected chi connectivity index (χ4v) is 2.83. The van der Waals surface area contributed by atoms with Gasteiger partial charge in [0.15, 0.2) is 0 Å². The molecule has 0 saturated carbocycles. The van der Waals surface area contributed by atoms with Gasteiger partial charge >= 0.3 is 0 Å². The van der Waals surface area contributed by atoms with Crippen LogP contribution in [0, 0.1) is 13.8 Å². The lowest BCUT2D eigenvalue weighted by atomic mass is 10.0. The largest absolute Gasteiger partial charge is 0.335 e. The predicted molar refractivity (Wildman–Crippen MR) is 85.5 cm³/mol. The molecule has 0 bridgehead atoms. The summed E-state index contributed by atoms with van der Waals surface area (Å²) < 4.78 is 4.22. The summed E-state index contributed by atoms with van der Waals surface area (Å²) in [5, 5.41) is 7.94. The zero-order valence-corrected chi connectivity index (χ0v) is 13.8. The first-order valence-corrected chi connectivity index (χ1v) is 7.73. The quantitative estimate of drug-likeness (QED) is 0.848. The molecule has 0 amide bonds. The Morgan fingerprint density at radius 3 is 2.62 bits per heavy atom. The van der Waals surface area contributed by atoms with Crippen molar-refractivity contribution in [1.82, 2.24) is 24.6 Å². The number of aromatic nitrogens is 4. The lowest BCUT2D eigenvalue weighted by Crippen LogP contribution is -2.31. The van der Waals surface area contributed by atoms with Crippen LogP contribution in [-0.4, -0.2) is 32.4 Å². The van der Waals surface area contributed by atoms with Gasteiger partial charge in [-0.1, -0.05) is 6.92 Å². The number of rotatable bonds is 7. The van der Waals surface area contributed by atoms with E-state index in [0.717, 1.165) is 37.3 Å². The molecule has 0 aliphatic rings. The molecular formula is C16H27N5. The fourth-order valence-electron chi connectivity index (χ4n) is 2.83. The maximum atomic E-state index is 4.52. The minimum atomic E-state index is 0.379. The molecule has 0 radical (unpaired) electrons. The number of nitrogens with one attached hydrogen (secondary N) is 1. The summed E-state index contributed by atoms with van der Waals surface area (Å²) in [6, 6.07) is 0.379. The number of hydrogen-bond acceptors (Lipinski definition) is 3. The Morgan fingerprint density at radius 1 is 1.29 bits per heavy atom. The highest BCUT2D eigenvalue weighted by atomic mass is 15.3. The van der Waals surface area contributed by atoms with Crippen molar-refractivity contribution < 1.29 is 0 Å². The van der Waals surface area contributed by atoms with Gasteiger partial charge in [-0.2, -0.15) is 5.10 Å². The Labute approximate surface area is 127 Å². The van der Waals surface area contributed by atoms with Crippen LogP contribution in [-0.2, 0) is 26.4 Å². The Balaban J connectivity index is 2.11. The van der Waals surface area contributed by atoms with Gasteiger partial charge in [0.2, 0.25) is 0 Å². The molecule has 0 aromatic carbocycles. The molecule has 1 unspecified atom stereocenters. The normalized spacial score (nSPS) is 12.8. The maximum Gasteiger partial charge on any atom is 0.110 e. The van der Waals surface area contributed by atoms with Gasteiger partial charge in [0, 0.05) is 44.1 Å². The monoisotopic (exact) mass is 289 g/mol. The first-order chi connectivity index (χ1) is 10.1. The molecule has 21 heavy (non-hydrogen) atoms. The van der Waals surface area contributed by atoms with Crippen LogP contribution < -0.4 is 5.32 Å². The van der Waals surface area contributed by atoms with Gasteiger partial charge in [0.05, 0.1) is 5.69 Å². The number of aryl methyl sites for hydroxylation is 3. The summed E-state index contributed by atoms with van der Waals surface area (Å²) in [5.41, 5.74) is 3.74. The molecule has 5 heteroatoms. The average molecular weight is 289 g/mol. The molecule has 2 aromatic rings. The lowest BCUT2D eigenvalue weighted by Gasteiger charge is -2.17. The van der Waals surface area contributed by atoms with Gasteiger partial charge in [-0.3, -0.25) is 4.68 Å². The van der Waals surface area contributed by atoms with Crippen molar-refractivity contribution >= 4 is 0 Å². The molecular weight excluding hydrogens is 262 g/mol. The molecule has 2 rings (SSSR count). The molecule has 2 heterocycles. The molecule has 1 N–H and O–H groups in total. The highest BCUT2D eigenvalue weighted by Gasteiger charge is 2.17. The van der Waals surface area contributed by atoms with E-state index in [9.17, 15) is 0 Å². The van der Waals surface area contributed by atoms with E-state index in [4.69, 9.17) is 0 Å². The van der Waals surface area contributed by atoms with Gasteiger partial charge < -0.3 is 9.88 Å². The van der Waals surface area contributed by atoms with Crippen molar-refractivity contribution in [3.8, 4) is 0 Å². The molecule has 2 aromatic heterocycles. The second-order valence-electron chi connectivity index (χ2n) is 5.70. The van der Waals surface area contributed by atoms with Crippen LogP contribution in [0.3, 0.4) is 0 Å². The third-order valence-electron chi connectivity index (χ3n) is 4.21. The fraction of sp³-hybridized carbons (Fsp3) is 0.625. The van der Waals surface area contributed by atoms with Crippen molar-refractivity contribution in [2.75, 3.05) is 7.05 Å². The van der Waals surface area contributed by atoms with Crippen molar-refractivity contribution in [3.05, 3.63) is 35.2 Å². The lowest BCUT2D eigenvalue weighted by molar-refractivity contribution is 0.518. The summed E-state index contributed by atoms with van der Waals surface area (Å²) in [7, 11) is 4.03. The summed E-state index contributed by atoms with van der Waals surface area (Å²) in [6.07, 6.45) is 7.04. The van der Waals surface area contributed by atoms with Crippen molar-refractivity contribution in [3.63, 3.8) is 0 Å².